The Bertz CT molecular complexity index is 611. The van der Waals surface area contributed by atoms with Crippen LogP contribution in [0.3, 0.4) is 0 Å². The molecule has 2 aliphatic rings. The second-order valence-electron chi connectivity index (χ2n) is 7.25. The first-order valence-electron chi connectivity index (χ1n) is 9.51. The van der Waals surface area contributed by atoms with Gasteiger partial charge in [0.2, 0.25) is 0 Å². The number of aromatic hydroxyl groups is 1. The van der Waals surface area contributed by atoms with Gasteiger partial charge in [-0.1, -0.05) is 6.07 Å². The minimum atomic E-state index is 0.388. The van der Waals surface area contributed by atoms with Crippen LogP contribution < -0.4 is 5.32 Å². The SMILES string of the molecule is CN=C(NCc1c(O)ccc2c1CCCC2)N(C)CCOCC1CC1. The first-order valence-corrected chi connectivity index (χ1v) is 9.51. The van der Waals surface area contributed by atoms with Crippen molar-refractivity contribution in [3.05, 3.63) is 28.8 Å². The Balaban J connectivity index is 1.53. The molecule has 0 heterocycles. The third kappa shape index (κ3) is 4.88. The summed E-state index contributed by atoms with van der Waals surface area (Å²) in [5.74, 6) is 2.02. The molecule has 5 heteroatoms. The van der Waals surface area contributed by atoms with Crippen molar-refractivity contribution in [2.45, 2.75) is 45.1 Å². The number of nitrogens with one attached hydrogen (secondary N) is 1. The van der Waals surface area contributed by atoms with Crippen molar-refractivity contribution >= 4 is 5.96 Å². The molecule has 5 nitrogen and oxygen atoms in total. The van der Waals surface area contributed by atoms with Crippen LogP contribution in [0.2, 0.25) is 0 Å². The maximum atomic E-state index is 10.3. The lowest BCUT2D eigenvalue weighted by atomic mass is 9.88. The van der Waals surface area contributed by atoms with Crippen LogP contribution in [0.1, 0.15) is 42.4 Å². The highest BCUT2D eigenvalue weighted by molar-refractivity contribution is 5.79. The molecule has 138 valence electrons. The zero-order valence-corrected chi connectivity index (χ0v) is 15.6. The average molecular weight is 345 g/mol. The van der Waals surface area contributed by atoms with Gasteiger partial charge in [-0.15, -0.1) is 0 Å². The van der Waals surface area contributed by atoms with Gasteiger partial charge in [-0.2, -0.15) is 0 Å². The van der Waals surface area contributed by atoms with E-state index >= 15 is 0 Å². The first-order chi connectivity index (χ1) is 12.2. The largest absolute Gasteiger partial charge is 0.508 e. The molecule has 0 spiro atoms. The van der Waals surface area contributed by atoms with Crippen molar-refractivity contribution in [3.63, 3.8) is 0 Å². The van der Waals surface area contributed by atoms with E-state index in [1.165, 1.54) is 36.8 Å². The zero-order chi connectivity index (χ0) is 17.6. The minimum Gasteiger partial charge on any atom is -0.508 e. The van der Waals surface area contributed by atoms with E-state index < -0.39 is 0 Å². The molecule has 0 amide bonds. The normalized spacial score (nSPS) is 17.3. The predicted molar refractivity (Wildman–Crippen MR) is 101 cm³/mol. The van der Waals surface area contributed by atoms with E-state index in [0.29, 0.717) is 12.3 Å². The summed E-state index contributed by atoms with van der Waals surface area (Å²) in [6.45, 7) is 3.03. The quantitative estimate of drug-likeness (QED) is 0.453. The molecule has 1 fully saturated rings. The molecule has 0 unspecified atom stereocenters. The highest BCUT2D eigenvalue weighted by Gasteiger charge is 2.21. The van der Waals surface area contributed by atoms with Crippen LogP contribution in [-0.4, -0.2) is 49.8 Å². The van der Waals surface area contributed by atoms with Gasteiger partial charge in [0, 0.05) is 39.4 Å². The molecule has 0 atom stereocenters. The number of fused-ring (bicyclic) bond motifs is 1. The number of phenolic OH excluding ortho intramolecular Hbond substituents is 1. The Morgan fingerprint density at radius 2 is 2.12 bits per heavy atom. The third-order valence-electron chi connectivity index (χ3n) is 5.24. The fourth-order valence-electron chi connectivity index (χ4n) is 3.48. The lowest BCUT2D eigenvalue weighted by Crippen LogP contribution is -2.40. The first kappa shape index (κ1) is 18.1. The summed E-state index contributed by atoms with van der Waals surface area (Å²) in [5.41, 5.74) is 3.74. The van der Waals surface area contributed by atoms with Crippen LogP contribution in [0, 0.1) is 5.92 Å². The van der Waals surface area contributed by atoms with E-state index in [1.807, 2.05) is 13.1 Å². The van der Waals surface area contributed by atoms with Crippen molar-refractivity contribution in [3.8, 4) is 5.75 Å². The monoisotopic (exact) mass is 345 g/mol. The molecule has 1 aromatic rings. The molecule has 1 aromatic carbocycles. The highest BCUT2D eigenvalue weighted by atomic mass is 16.5. The fourth-order valence-corrected chi connectivity index (χ4v) is 3.48. The number of hydrogen-bond acceptors (Lipinski definition) is 3. The molecular weight excluding hydrogens is 314 g/mol. The molecule has 1 saturated carbocycles. The predicted octanol–water partition coefficient (Wildman–Crippen LogP) is 2.70. The summed E-state index contributed by atoms with van der Waals surface area (Å²) in [5, 5.41) is 13.7. The molecule has 3 rings (SSSR count). The van der Waals surface area contributed by atoms with Gasteiger partial charge in [0.05, 0.1) is 6.61 Å². The van der Waals surface area contributed by atoms with Gasteiger partial charge in [-0.05, 0) is 61.6 Å². The van der Waals surface area contributed by atoms with E-state index in [1.54, 1.807) is 7.05 Å². The van der Waals surface area contributed by atoms with E-state index in [2.05, 4.69) is 21.3 Å². The van der Waals surface area contributed by atoms with E-state index in [-0.39, 0.29) is 0 Å². The summed E-state index contributed by atoms with van der Waals surface area (Å²) < 4.78 is 5.71. The van der Waals surface area contributed by atoms with Crippen molar-refractivity contribution in [1.29, 1.82) is 0 Å². The molecule has 0 radical (unpaired) electrons. The minimum absolute atomic E-state index is 0.388. The van der Waals surface area contributed by atoms with Crippen molar-refractivity contribution in [2.75, 3.05) is 33.9 Å². The van der Waals surface area contributed by atoms with Crippen LogP contribution in [0.15, 0.2) is 17.1 Å². The number of ether oxygens (including phenoxy) is 1. The summed E-state index contributed by atoms with van der Waals surface area (Å²) in [7, 11) is 3.82. The van der Waals surface area contributed by atoms with Crippen LogP contribution >= 0.6 is 0 Å². The lowest BCUT2D eigenvalue weighted by molar-refractivity contribution is 0.115. The molecule has 25 heavy (non-hydrogen) atoms. The van der Waals surface area contributed by atoms with Gasteiger partial charge in [-0.3, -0.25) is 4.99 Å². The highest BCUT2D eigenvalue weighted by Crippen LogP contribution is 2.30. The Kier molecular flexibility index (Phi) is 6.19. The van der Waals surface area contributed by atoms with E-state index in [0.717, 1.165) is 50.0 Å². The van der Waals surface area contributed by atoms with Gasteiger partial charge >= 0.3 is 0 Å². The molecule has 0 saturated heterocycles. The van der Waals surface area contributed by atoms with E-state index in [4.69, 9.17) is 4.74 Å². The lowest BCUT2D eigenvalue weighted by Gasteiger charge is -2.24. The second kappa shape index (κ2) is 8.56. The van der Waals surface area contributed by atoms with Crippen LogP contribution in [-0.2, 0) is 24.1 Å². The molecule has 2 aliphatic carbocycles. The van der Waals surface area contributed by atoms with Gasteiger partial charge < -0.3 is 20.1 Å². The van der Waals surface area contributed by atoms with E-state index in [9.17, 15) is 5.11 Å². The van der Waals surface area contributed by atoms with Gasteiger partial charge in [0.15, 0.2) is 5.96 Å². The molecular formula is C20H31N3O2. The number of rotatable bonds is 7. The summed E-state index contributed by atoms with van der Waals surface area (Å²) in [4.78, 5) is 6.45. The molecule has 0 aromatic heterocycles. The standard InChI is InChI=1S/C20H31N3O2/c1-21-20(23(2)11-12-25-14-15-7-8-15)22-13-18-17-6-4-3-5-16(17)9-10-19(18)24/h9-10,15,24H,3-8,11-14H2,1-2H3,(H,21,22). The number of benzene rings is 1. The van der Waals surface area contributed by atoms with Crippen LogP contribution in [0.25, 0.3) is 0 Å². The van der Waals surface area contributed by atoms with Crippen molar-refractivity contribution in [1.82, 2.24) is 10.2 Å². The number of aryl methyl sites for hydroxylation is 1. The summed E-state index contributed by atoms with van der Waals surface area (Å²) in [6.07, 6.45) is 7.28. The average Bonchev–Trinajstić information content (AvgIpc) is 3.45. The second-order valence-corrected chi connectivity index (χ2v) is 7.25. The summed E-state index contributed by atoms with van der Waals surface area (Å²) in [6, 6.07) is 3.91. The number of nitrogens with zero attached hydrogens (tertiary/aromatic N) is 2. The summed E-state index contributed by atoms with van der Waals surface area (Å²) >= 11 is 0. The fraction of sp³-hybridized carbons (Fsp3) is 0.650. The molecule has 0 aliphatic heterocycles. The molecule has 0 bridgehead atoms. The smallest absolute Gasteiger partial charge is 0.193 e. The van der Waals surface area contributed by atoms with Crippen molar-refractivity contribution in [2.24, 2.45) is 10.9 Å². The third-order valence-corrected chi connectivity index (χ3v) is 5.24. The zero-order valence-electron chi connectivity index (χ0n) is 15.6. The Hall–Kier alpha value is -1.75. The van der Waals surface area contributed by atoms with Gasteiger partial charge in [0.1, 0.15) is 5.75 Å². The Morgan fingerprint density at radius 1 is 1.32 bits per heavy atom. The number of guanidine groups is 1. The Morgan fingerprint density at radius 3 is 2.88 bits per heavy atom. The maximum absolute atomic E-state index is 10.3. The maximum Gasteiger partial charge on any atom is 0.193 e. The van der Waals surface area contributed by atoms with Crippen LogP contribution in [0.4, 0.5) is 0 Å². The topological polar surface area (TPSA) is 57.1 Å². The van der Waals surface area contributed by atoms with Crippen molar-refractivity contribution < 1.29 is 9.84 Å². The number of phenols is 1. The number of likely N-dealkylation sites (N-methyl/N-ethyl adjacent to an activating group) is 1. The van der Waals surface area contributed by atoms with Gasteiger partial charge in [-0.25, -0.2) is 0 Å². The Labute approximate surface area is 151 Å². The van der Waals surface area contributed by atoms with Crippen LogP contribution in [0.5, 0.6) is 5.75 Å². The van der Waals surface area contributed by atoms with Gasteiger partial charge in [0.25, 0.3) is 0 Å². The molecule has 2 N–H and O–H groups in total. The number of aliphatic imine (C=N–C) groups is 1. The number of hydrogen-bond donors (Lipinski definition) is 2.